The number of hydrogen-bond donors (Lipinski definition) is 1. The summed E-state index contributed by atoms with van der Waals surface area (Å²) in [5.41, 5.74) is 6.59. The first kappa shape index (κ1) is 18.8. The minimum absolute atomic E-state index is 0.180. The highest BCUT2D eigenvalue weighted by atomic mass is 32.1. The third-order valence-electron chi connectivity index (χ3n) is 5.50. The van der Waals surface area contributed by atoms with E-state index < -0.39 is 0 Å². The summed E-state index contributed by atoms with van der Waals surface area (Å²) in [6, 6.07) is 25.0. The summed E-state index contributed by atoms with van der Waals surface area (Å²) in [4.78, 5) is 17.0. The van der Waals surface area contributed by atoms with E-state index in [1.165, 1.54) is 15.8 Å². The summed E-state index contributed by atoms with van der Waals surface area (Å²) in [6.07, 6.45) is 3.17. The van der Waals surface area contributed by atoms with Gasteiger partial charge in [0.2, 0.25) is 0 Å². The zero-order valence-electron chi connectivity index (χ0n) is 16.8. The van der Waals surface area contributed by atoms with Gasteiger partial charge in [0, 0.05) is 29.4 Å². The van der Waals surface area contributed by atoms with Gasteiger partial charge in [-0.1, -0.05) is 36.4 Å². The molecule has 1 aliphatic rings. The van der Waals surface area contributed by atoms with Crippen molar-refractivity contribution in [3.05, 3.63) is 95.7 Å². The second-order valence-corrected chi connectivity index (χ2v) is 8.87. The third kappa shape index (κ3) is 3.91. The maximum absolute atomic E-state index is 12.3. The SMILES string of the molecule is Cc1ccc2nc(-c3ccc(NC4=CC(=O)C[C@@H](c5ccccc5)C4)cc3)sc2c1. The van der Waals surface area contributed by atoms with Gasteiger partial charge in [-0.15, -0.1) is 11.3 Å². The van der Waals surface area contributed by atoms with Crippen molar-refractivity contribution in [2.45, 2.75) is 25.7 Å². The van der Waals surface area contributed by atoms with Gasteiger partial charge in [-0.25, -0.2) is 4.98 Å². The fourth-order valence-corrected chi connectivity index (χ4v) is 5.05. The molecule has 1 atom stereocenters. The Bertz CT molecular complexity index is 1240. The van der Waals surface area contributed by atoms with Crippen molar-refractivity contribution in [2.75, 3.05) is 5.32 Å². The molecule has 0 aliphatic heterocycles. The van der Waals surface area contributed by atoms with E-state index in [2.05, 4.69) is 66.8 Å². The van der Waals surface area contributed by atoms with Gasteiger partial charge in [-0.3, -0.25) is 4.79 Å². The predicted molar refractivity (Wildman–Crippen MR) is 125 cm³/mol. The number of benzene rings is 3. The molecule has 3 nitrogen and oxygen atoms in total. The van der Waals surface area contributed by atoms with Crippen LogP contribution in [0.2, 0.25) is 0 Å². The highest BCUT2D eigenvalue weighted by Crippen LogP contribution is 2.34. The average Bonchev–Trinajstić information content (AvgIpc) is 3.18. The van der Waals surface area contributed by atoms with Crippen LogP contribution < -0.4 is 5.32 Å². The maximum Gasteiger partial charge on any atom is 0.158 e. The molecule has 30 heavy (non-hydrogen) atoms. The largest absolute Gasteiger partial charge is 0.359 e. The van der Waals surface area contributed by atoms with Crippen LogP contribution in [0.25, 0.3) is 20.8 Å². The topological polar surface area (TPSA) is 42.0 Å². The molecule has 1 heterocycles. The molecule has 4 aromatic rings. The van der Waals surface area contributed by atoms with E-state index >= 15 is 0 Å². The lowest BCUT2D eigenvalue weighted by Gasteiger charge is -2.23. The number of thiazole rings is 1. The number of allylic oxidation sites excluding steroid dienone is 2. The van der Waals surface area contributed by atoms with Crippen LogP contribution in [0.4, 0.5) is 5.69 Å². The molecule has 4 heteroatoms. The number of hydrogen-bond acceptors (Lipinski definition) is 4. The van der Waals surface area contributed by atoms with E-state index in [0.717, 1.165) is 33.9 Å². The number of aryl methyl sites for hydroxylation is 1. The summed E-state index contributed by atoms with van der Waals surface area (Å²) in [5.74, 6) is 0.413. The Labute approximate surface area is 180 Å². The molecule has 0 saturated heterocycles. The first-order valence-electron chi connectivity index (χ1n) is 10.2. The Morgan fingerprint density at radius 2 is 1.77 bits per heavy atom. The summed E-state index contributed by atoms with van der Waals surface area (Å²) in [6.45, 7) is 2.10. The number of ketones is 1. The molecule has 1 N–H and O–H groups in total. The Hall–Kier alpha value is -3.24. The van der Waals surface area contributed by atoms with Gasteiger partial charge in [0.25, 0.3) is 0 Å². The van der Waals surface area contributed by atoms with Crippen molar-refractivity contribution in [2.24, 2.45) is 0 Å². The number of nitrogens with one attached hydrogen (secondary N) is 1. The first-order valence-corrected chi connectivity index (χ1v) is 11.0. The number of carbonyl (C=O) groups is 1. The summed E-state index contributed by atoms with van der Waals surface area (Å²) < 4.78 is 1.21. The minimum Gasteiger partial charge on any atom is -0.359 e. The van der Waals surface area contributed by atoms with E-state index in [0.29, 0.717) is 6.42 Å². The van der Waals surface area contributed by atoms with E-state index in [1.807, 2.05) is 18.2 Å². The fraction of sp³-hybridized carbons (Fsp3) is 0.154. The molecule has 0 unspecified atom stereocenters. The molecule has 148 valence electrons. The summed E-state index contributed by atoms with van der Waals surface area (Å²) in [7, 11) is 0. The van der Waals surface area contributed by atoms with E-state index in [1.54, 1.807) is 17.4 Å². The molecule has 0 saturated carbocycles. The van der Waals surface area contributed by atoms with Crippen molar-refractivity contribution >= 4 is 33.0 Å². The van der Waals surface area contributed by atoms with Crippen LogP contribution in [0.3, 0.4) is 0 Å². The zero-order valence-corrected chi connectivity index (χ0v) is 17.6. The van der Waals surface area contributed by atoms with E-state index in [-0.39, 0.29) is 11.7 Å². The van der Waals surface area contributed by atoms with E-state index in [4.69, 9.17) is 4.98 Å². The Morgan fingerprint density at radius 1 is 0.967 bits per heavy atom. The fourth-order valence-electron chi connectivity index (χ4n) is 3.98. The summed E-state index contributed by atoms with van der Waals surface area (Å²) in [5, 5.41) is 4.47. The monoisotopic (exact) mass is 410 g/mol. The summed E-state index contributed by atoms with van der Waals surface area (Å²) >= 11 is 1.72. The second-order valence-electron chi connectivity index (χ2n) is 7.84. The highest BCUT2D eigenvalue weighted by molar-refractivity contribution is 7.21. The van der Waals surface area contributed by atoms with Crippen LogP contribution in [0.1, 0.15) is 29.9 Å². The maximum atomic E-state index is 12.3. The van der Waals surface area contributed by atoms with Gasteiger partial charge < -0.3 is 5.32 Å². The number of nitrogens with zero attached hydrogens (tertiary/aromatic N) is 1. The van der Waals surface area contributed by atoms with Crippen molar-refractivity contribution in [1.29, 1.82) is 0 Å². The van der Waals surface area contributed by atoms with Gasteiger partial charge in [0.05, 0.1) is 10.2 Å². The second kappa shape index (κ2) is 7.88. The van der Waals surface area contributed by atoms with Gasteiger partial charge in [0.1, 0.15) is 5.01 Å². The number of fused-ring (bicyclic) bond motifs is 1. The van der Waals surface area contributed by atoms with Crippen molar-refractivity contribution in [3.8, 4) is 10.6 Å². The van der Waals surface area contributed by atoms with E-state index in [9.17, 15) is 4.79 Å². The normalized spacial score (nSPS) is 16.5. The molecule has 3 aromatic carbocycles. The number of rotatable bonds is 4. The van der Waals surface area contributed by atoms with Crippen LogP contribution in [0.15, 0.2) is 84.6 Å². The lowest BCUT2D eigenvalue weighted by Crippen LogP contribution is -2.16. The average molecular weight is 411 g/mol. The van der Waals surface area contributed by atoms with Gasteiger partial charge >= 0.3 is 0 Å². The predicted octanol–water partition coefficient (Wildman–Crippen LogP) is 6.71. The van der Waals surface area contributed by atoms with Gasteiger partial charge in [0.15, 0.2) is 5.78 Å². The number of carbonyl (C=O) groups excluding carboxylic acids is 1. The number of anilines is 1. The molecule has 1 aromatic heterocycles. The van der Waals surface area contributed by atoms with Crippen molar-refractivity contribution < 1.29 is 4.79 Å². The molecule has 5 rings (SSSR count). The third-order valence-corrected chi connectivity index (χ3v) is 6.57. The Kier molecular flexibility index (Phi) is 4.93. The molecular formula is C26H22N2OS. The van der Waals surface area contributed by atoms with Crippen LogP contribution in [0, 0.1) is 6.92 Å². The smallest absolute Gasteiger partial charge is 0.158 e. The molecule has 0 spiro atoms. The van der Waals surface area contributed by atoms with Crippen LogP contribution >= 0.6 is 11.3 Å². The van der Waals surface area contributed by atoms with Gasteiger partial charge in [-0.05, 0) is 66.8 Å². The highest BCUT2D eigenvalue weighted by Gasteiger charge is 2.22. The number of aromatic nitrogens is 1. The lowest BCUT2D eigenvalue weighted by molar-refractivity contribution is -0.115. The molecule has 1 aliphatic carbocycles. The Morgan fingerprint density at radius 3 is 2.57 bits per heavy atom. The molecular weight excluding hydrogens is 388 g/mol. The van der Waals surface area contributed by atoms with Gasteiger partial charge in [-0.2, -0.15) is 0 Å². The zero-order chi connectivity index (χ0) is 20.5. The standard InChI is InChI=1S/C26H22N2OS/c1-17-7-12-24-25(13-17)30-26(28-24)19-8-10-21(11-9-19)27-22-14-20(15-23(29)16-22)18-5-3-2-4-6-18/h2-13,16,20,27H,14-15H2,1H3/t20-/m0/s1. The molecule has 0 fully saturated rings. The van der Waals surface area contributed by atoms with Crippen molar-refractivity contribution in [1.82, 2.24) is 4.98 Å². The molecule has 0 bridgehead atoms. The lowest BCUT2D eigenvalue weighted by atomic mass is 9.85. The van der Waals surface area contributed by atoms with Crippen molar-refractivity contribution in [3.63, 3.8) is 0 Å². The quantitative estimate of drug-likeness (QED) is 0.406. The molecule has 0 amide bonds. The minimum atomic E-state index is 0.180. The Balaban J connectivity index is 1.33. The first-order chi connectivity index (χ1) is 14.6. The molecule has 0 radical (unpaired) electrons. The van der Waals surface area contributed by atoms with Crippen LogP contribution in [-0.2, 0) is 4.79 Å². The van der Waals surface area contributed by atoms with Crippen LogP contribution in [0.5, 0.6) is 0 Å². The van der Waals surface area contributed by atoms with Crippen LogP contribution in [-0.4, -0.2) is 10.8 Å².